The van der Waals surface area contributed by atoms with Crippen LogP contribution >= 0.6 is 0 Å². The van der Waals surface area contributed by atoms with Crippen molar-refractivity contribution in [1.82, 2.24) is 0 Å². The van der Waals surface area contributed by atoms with E-state index in [4.69, 9.17) is 4.74 Å². The normalized spacial score (nSPS) is 50.0. The highest BCUT2D eigenvalue weighted by molar-refractivity contribution is 5.66. The minimum Gasteiger partial charge on any atom is -0.462 e. The van der Waals surface area contributed by atoms with E-state index >= 15 is 0 Å². The summed E-state index contributed by atoms with van der Waals surface area (Å²) in [7, 11) is 0. The number of rotatable bonds is 2. The van der Waals surface area contributed by atoms with Crippen LogP contribution in [0.4, 0.5) is 0 Å². The Morgan fingerprint density at radius 3 is 2.29 bits per heavy atom. The molecule has 0 aliphatic heterocycles. The van der Waals surface area contributed by atoms with Crippen LogP contribution in [0.15, 0.2) is 11.6 Å². The number of hydrogen-bond donors (Lipinski definition) is 1. The molecule has 198 valence electrons. The zero-order chi connectivity index (χ0) is 25.7. The maximum atomic E-state index is 11.9. The van der Waals surface area contributed by atoms with Crippen molar-refractivity contribution in [2.24, 2.45) is 50.2 Å². The highest BCUT2D eigenvalue weighted by atomic mass is 16.5. The summed E-state index contributed by atoms with van der Waals surface area (Å²) in [6.07, 6.45) is 14.6. The third-order valence-corrected chi connectivity index (χ3v) is 13.4. The standard InChI is InChI=1S/C32H52O3/c1-21(34)35-26-12-13-29(6)24(28(26,4)5)11-14-31(8)25(29)10-9-22-23-19-27(2,3)15-17-32(23,20-33)18-16-30(22,31)7/h9,23-26,33H,10-20H2,1-8H3/t23-,24?,25-,26+,29+,30-,31-,32-/m1/s1. The molecular weight excluding hydrogens is 432 g/mol. The first-order chi connectivity index (χ1) is 16.2. The Hall–Kier alpha value is -0.830. The predicted molar refractivity (Wildman–Crippen MR) is 142 cm³/mol. The molecule has 3 nitrogen and oxygen atoms in total. The third-order valence-electron chi connectivity index (χ3n) is 13.4. The average Bonchev–Trinajstić information content (AvgIpc) is 2.76. The van der Waals surface area contributed by atoms with Crippen molar-refractivity contribution in [2.45, 2.75) is 126 Å². The van der Waals surface area contributed by atoms with Crippen molar-refractivity contribution >= 4 is 5.97 Å². The van der Waals surface area contributed by atoms with E-state index in [0.29, 0.717) is 29.8 Å². The molecule has 0 aromatic carbocycles. The highest BCUT2D eigenvalue weighted by Crippen LogP contribution is 2.75. The van der Waals surface area contributed by atoms with Crippen LogP contribution in [-0.2, 0) is 9.53 Å². The summed E-state index contributed by atoms with van der Waals surface area (Å²) in [5, 5.41) is 10.7. The number of allylic oxidation sites excluding steroid dienone is 2. The van der Waals surface area contributed by atoms with Gasteiger partial charge in [-0.3, -0.25) is 4.79 Å². The van der Waals surface area contributed by atoms with Gasteiger partial charge in [-0.05, 0) is 104 Å². The van der Waals surface area contributed by atoms with Crippen molar-refractivity contribution < 1.29 is 14.6 Å². The molecule has 35 heavy (non-hydrogen) atoms. The molecule has 3 heteroatoms. The zero-order valence-corrected chi connectivity index (χ0v) is 23.9. The van der Waals surface area contributed by atoms with Gasteiger partial charge in [0.25, 0.3) is 0 Å². The van der Waals surface area contributed by atoms with Crippen LogP contribution < -0.4 is 0 Å². The largest absolute Gasteiger partial charge is 0.462 e. The fraction of sp³-hybridized carbons (Fsp3) is 0.906. The van der Waals surface area contributed by atoms with Gasteiger partial charge in [0, 0.05) is 24.4 Å². The molecule has 5 aliphatic carbocycles. The van der Waals surface area contributed by atoms with Crippen molar-refractivity contribution in [2.75, 3.05) is 6.61 Å². The average molecular weight is 485 g/mol. The van der Waals surface area contributed by atoms with Gasteiger partial charge in [-0.25, -0.2) is 0 Å². The second-order valence-corrected chi connectivity index (χ2v) is 15.7. The molecule has 1 unspecified atom stereocenters. The van der Waals surface area contributed by atoms with Crippen LogP contribution in [0.2, 0.25) is 0 Å². The summed E-state index contributed by atoms with van der Waals surface area (Å²) in [4.78, 5) is 11.9. The Morgan fingerprint density at radius 2 is 1.63 bits per heavy atom. The van der Waals surface area contributed by atoms with Crippen molar-refractivity contribution in [1.29, 1.82) is 0 Å². The first-order valence-corrected chi connectivity index (χ1v) is 14.6. The Balaban J connectivity index is 1.53. The van der Waals surface area contributed by atoms with E-state index in [2.05, 4.69) is 54.5 Å². The van der Waals surface area contributed by atoms with E-state index in [0.717, 1.165) is 12.8 Å². The van der Waals surface area contributed by atoms with E-state index in [1.807, 2.05) is 0 Å². The summed E-state index contributed by atoms with van der Waals surface area (Å²) in [5.41, 5.74) is 2.98. The number of carbonyl (C=O) groups excluding carboxylic acids is 1. The minimum absolute atomic E-state index is 0.0108. The molecule has 0 heterocycles. The van der Waals surface area contributed by atoms with Crippen LogP contribution in [0.1, 0.15) is 120 Å². The number of aliphatic hydroxyl groups is 1. The number of ether oxygens (including phenoxy) is 1. The molecule has 1 N–H and O–H groups in total. The van der Waals surface area contributed by atoms with Gasteiger partial charge in [-0.15, -0.1) is 0 Å². The van der Waals surface area contributed by atoms with Gasteiger partial charge in [-0.2, -0.15) is 0 Å². The van der Waals surface area contributed by atoms with Crippen LogP contribution in [0.5, 0.6) is 0 Å². The van der Waals surface area contributed by atoms with E-state index in [1.165, 1.54) is 51.4 Å². The molecule has 5 aliphatic rings. The molecule has 5 rings (SSSR count). The molecule has 0 aromatic rings. The quantitative estimate of drug-likeness (QED) is 0.322. The summed E-state index contributed by atoms with van der Waals surface area (Å²) in [5.74, 6) is 1.65. The number of carbonyl (C=O) groups is 1. The second kappa shape index (κ2) is 7.84. The number of esters is 1. The Bertz CT molecular complexity index is 916. The van der Waals surface area contributed by atoms with Crippen LogP contribution in [0.3, 0.4) is 0 Å². The predicted octanol–water partition coefficient (Wildman–Crippen LogP) is 7.71. The molecule has 4 saturated carbocycles. The molecule has 0 radical (unpaired) electrons. The molecule has 0 amide bonds. The lowest BCUT2D eigenvalue weighted by Gasteiger charge is -2.71. The topological polar surface area (TPSA) is 46.5 Å². The van der Waals surface area contributed by atoms with Crippen molar-refractivity contribution in [3.05, 3.63) is 11.6 Å². The first-order valence-electron chi connectivity index (χ1n) is 14.6. The minimum atomic E-state index is -0.130. The molecular formula is C32H52O3. The molecule has 0 spiro atoms. The van der Waals surface area contributed by atoms with E-state index < -0.39 is 0 Å². The zero-order valence-electron chi connectivity index (χ0n) is 23.9. The van der Waals surface area contributed by atoms with Crippen LogP contribution in [0.25, 0.3) is 0 Å². The van der Waals surface area contributed by atoms with Crippen LogP contribution in [0, 0.1) is 50.2 Å². The van der Waals surface area contributed by atoms with E-state index in [1.54, 1.807) is 12.5 Å². The Kier molecular flexibility index (Phi) is 5.78. The maximum Gasteiger partial charge on any atom is 0.302 e. The molecule has 0 bridgehead atoms. The summed E-state index contributed by atoms with van der Waals surface area (Å²) >= 11 is 0. The van der Waals surface area contributed by atoms with Crippen molar-refractivity contribution in [3.63, 3.8) is 0 Å². The number of hydrogen-bond acceptors (Lipinski definition) is 3. The number of aliphatic hydroxyl groups excluding tert-OH is 1. The molecule has 8 atom stereocenters. The third kappa shape index (κ3) is 3.41. The number of fused-ring (bicyclic) bond motifs is 7. The van der Waals surface area contributed by atoms with Gasteiger partial charge >= 0.3 is 5.97 Å². The van der Waals surface area contributed by atoms with Gasteiger partial charge in [-0.1, -0.05) is 60.1 Å². The fourth-order valence-corrected chi connectivity index (χ4v) is 11.0. The first kappa shape index (κ1) is 25.8. The lowest BCUT2D eigenvalue weighted by Crippen LogP contribution is -2.65. The molecule has 0 aromatic heterocycles. The lowest BCUT2D eigenvalue weighted by atomic mass is 9.33. The van der Waals surface area contributed by atoms with Gasteiger partial charge < -0.3 is 9.84 Å². The second-order valence-electron chi connectivity index (χ2n) is 15.7. The van der Waals surface area contributed by atoms with Gasteiger partial charge in [0.1, 0.15) is 6.10 Å². The van der Waals surface area contributed by atoms with Gasteiger partial charge in [0.2, 0.25) is 0 Å². The summed E-state index contributed by atoms with van der Waals surface area (Å²) < 4.78 is 5.89. The lowest BCUT2D eigenvalue weighted by molar-refractivity contribution is -0.213. The fourth-order valence-electron chi connectivity index (χ4n) is 11.0. The highest BCUT2D eigenvalue weighted by Gasteiger charge is 2.68. The van der Waals surface area contributed by atoms with Crippen LogP contribution in [-0.4, -0.2) is 23.8 Å². The van der Waals surface area contributed by atoms with Gasteiger partial charge in [0.15, 0.2) is 0 Å². The van der Waals surface area contributed by atoms with E-state index in [-0.39, 0.29) is 39.1 Å². The maximum absolute atomic E-state index is 11.9. The summed E-state index contributed by atoms with van der Waals surface area (Å²) in [6, 6.07) is 0. The van der Waals surface area contributed by atoms with E-state index in [9.17, 15) is 9.90 Å². The van der Waals surface area contributed by atoms with Crippen molar-refractivity contribution in [3.8, 4) is 0 Å². The van der Waals surface area contributed by atoms with Gasteiger partial charge in [0.05, 0.1) is 0 Å². The smallest absolute Gasteiger partial charge is 0.302 e. The molecule has 4 fully saturated rings. The Morgan fingerprint density at radius 1 is 0.943 bits per heavy atom. The monoisotopic (exact) mass is 484 g/mol. The Labute approximate surface area is 214 Å². The SMILES string of the molecule is CC(=O)O[C@H]1CC[C@@]2(C)C(CC[C@]3(C)[C@@H]2CC=C2[C@H]4CC(C)(C)CC[C@]4(CO)CC[C@]23C)C1(C)C. The summed E-state index contributed by atoms with van der Waals surface area (Å²) in [6.45, 7) is 19.4. The molecule has 0 saturated heterocycles.